The van der Waals surface area contributed by atoms with Crippen LogP contribution in [0.1, 0.15) is 47.4 Å². The van der Waals surface area contributed by atoms with E-state index in [1.165, 1.54) is 18.2 Å². The SMILES string of the molecule is O=C(N[C@H]1CC[C@@H](Nc2cc(C(F)(F)F)nc(C(F)(F)F)c2)CC1)c1ccc(Cl)cc1Cl. The fourth-order valence-corrected chi connectivity index (χ4v) is 3.95. The molecule has 0 aliphatic heterocycles. The van der Waals surface area contributed by atoms with E-state index >= 15 is 0 Å². The zero-order valence-electron chi connectivity index (χ0n) is 16.2. The molecule has 1 aliphatic carbocycles. The first kappa shape index (κ1) is 24.4. The van der Waals surface area contributed by atoms with Crippen LogP contribution < -0.4 is 10.6 Å². The number of pyridine rings is 1. The molecule has 1 heterocycles. The van der Waals surface area contributed by atoms with E-state index in [-0.39, 0.29) is 34.3 Å². The molecule has 0 saturated heterocycles. The lowest BCUT2D eigenvalue weighted by atomic mass is 9.90. The number of carbonyl (C=O) groups excluding carboxylic acids is 1. The number of nitrogens with one attached hydrogen (secondary N) is 2. The van der Waals surface area contributed by atoms with Crippen molar-refractivity contribution in [2.24, 2.45) is 0 Å². The number of rotatable bonds is 4. The van der Waals surface area contributed by atoms with Crippen molar-refractivity contribution in [2.75, 3.05) is 5.32 Å². The monoisotopic (exact) mass is 499 g/mol. The molecule has 1 aromatic carbocycles. The first-order chi connectivity index (χ1) is 14.8. The van der Waals surface area contributed by atoms with Crippen LogP contribution >= 0.6 is 23.2 Å². The Morgan fingerprint density at radius 2 is 1.41 bits per heavy atom. The molecule has 0 atom stereocenters. The Morgan fingerprint density at radius 3 is 1.91 bits per heavy atom. The third-order valence-electron chi connectivity index (χ3n) is 5.02. The third kappa shape index (κ3) is 6.19. The number of carbonyl (C=O) groups is 1. The van der Waals surface area contributed by atoms with Gasteiger partial charge in [0.2, 0.25) is 0 Å². The Morgan fingerprint density at radius 1 is 0.875 bits per heavy atom. The first-order valence-corrected chi connectivity index (χ1v) is 10.3. The summed E-state index contributed by atoms with van der Waals surface area (Å²) in [6.45, 7) is 0. The summed E-state index contributed by atoms with van der Waals surface area (Å²) in [5, 5.41) is 6.16. The highest BCUT2D eigenvalue weighted by Crippen LogP contribution is 2.35. The highest BCUT2D eigenvalue weighted by Gasteiger charge is 2.39. The van der Waals surface area contributed by atoms with Gasteiger partial charge in [0.25, 0.3) is 5.91 Å². The lowest BCUT2D eigenvalue weighted by molar-refractivity contribution is -0.150. The quantitative estimate of drug-likeness (QED) is 0.467. The second kappa shape index (κ2) is 9.35. The standard InChI is InChI=1S/C20H17Cl2F6N3O/c21-10-1-6-14(15(22)7-10)18(32)30-12-4-2-11(3-5-12)29-13-8-16(19(23,24)25)31-17(9-13)20(26,27)28/h1,6-9,11-12H,2-5H2,(H,29,31)(H,30,32)/t11-,12+. The predicted octanol–water partition coefficient (Wildman–Crippen LogP) is 6.58. The average Bonchev–Trinajstić information content (AvgIpc) is 2.68. The molecule has 32 heavy (non-hydrogen) atoms. The third-order valence-corrected chi connectivity index (χ3v) is 5.56. The van der Waals surface area contributed by atoms with Crippen molar-refractivity contribution in [1.82, 2.24) is 10.3 Å². The van der Waals surface area contributed by atoms with E-state index in [9.17, 15) is 31.1 Å². The van der Waals surface area contributed by atoms with Crippen LogP contribution in [-0.4, -0.2) is 23.0 Å². The van der Waals surface area contributed by atoms with Crippen LogP contribution in [0.2, 0.25) is 10.0 Å². The molecule has 0 radical (unpaired) electrons. The summed E-state index contributed by atoms with van der Waals surface area (Å²) in [4.78, 5) is 15.1. The number of halogens is 8. The number of hydrogen-bond acceptors (Lipinski definition) is 3. The molecule has 0 spiro atoms. The van der Waals surface area contributed by atoms with Crippen molar-refractivity contribution in [3.63, 3.8) is 0 Å². The van der Waals surface area contributed by atoms with Crippen molar-refractivity contribution in [3.05, 3.63) is 57.3 Å². The summed E-state index contributed by atoms with van der Waals surface area (Å²) in [5.74, 6) is -0.387. The van der Waals surface area contributed by atoms with E-state index in [4.69, 9.17) is 23.2 Å². The van der Waals surface area contributed by atoms with Gasteiger partial charge in [0.05, 0.1) is 10.6 Å². The summed E-state index contributed by atoms with van der Waals surface area (Å²) in [6, 6.07) is 5.03. The normalized spacial score (nSPS) is 19.5. The molecule has 2 aromatic rings. The topological polar surface area (TPSA) is 54.0 Å². The summed E-state index contributed by atoms with van der Waals surface area (Å²) in [6.07, 6.45) is -8.18. The second-order valence-corrected chi connectivity index (χ2v) is 8.26. The Bertz CT molecular complexity index is 956. The van der Waals surface area contributed by atoms with Crippen molar-refractivity contribution >= 4 is 34.8 Å². The number of anilines is 1. The Labute approximate surface area is 189 Å². The van der Waals surface area contributed by atoms with Crippen molar-refractivity contribution in [2.45, 2.75) is 50.1 Å². The van der Waals surface area contributed by atoms with E-state index < -0.39 is 23.7 Å². The number of alkyl halides is 6. The Balaban J connectivity index is 1.63. The lowest BCUT2D eigenvalue weighted by Gasteiger charge is -2.30. The predicted molar refractivity (Wildman–Crippen MR) is 108 cm³/mol. The maximum atomic E-state index is 13.0. The Kier molecular flexibility index (Phi) is 7.14. The van der Waals surface area contributed by atoms with E-state index in [2.05, 4.69) is 15.6 Å². The van der Waals surface area contributed by atoms with Crippen molar-refractivity contribution in [1.29, 1.82) is 0 Å². The van der Waals surface area contributed by atoms with Crippen LogP contribution in [0.5, 0.6) is 0 Å². The van der Waals surface area contributed by atoms with Gasteiger partial charge < -0.3 is 10.6 Å². The maximum Gasteiger partial charge on any atom is 0.433 e. The second-order valence-electron chi connectivity index (χ2n) is 7.41. The van der Waals surface area contributed by atoms with Gasteiger partial charge in [-0.3, -0.25) is 4.79 Å². The number of nitrogens with zero attached hydrogens (tertiary/aromatic N) is 1. The minimum absolute atomic E-state index is 0.198. The van der Waals surface area contributed by atoms with E-state index in [1.54, 1.807) is 0 Å². The Hall–Kier alpha value is -2.20. The highest BCUT2D eigenvalue weighted by molar-refractivity contribution is 6.36. The van der Waals surface area contributed by atoms with E-state index in [1.807, 2.05) is 0 Å². The van der Waals surface area contributed by atoms with Gasteiger partial charge in [-0.1, -0.05) is 23.2 Å². The van der Waals surface area contributed by atoms with Crippen LogP contribution in [-0.2, 0) is 12.4 Å². The summed E-state index contributed by atoms with van der Waals surface area (Å²) >= 11 is 11.8. The molecule has 2 N–H and O–H groups in total. The molecule has 0 unspecified atom stereocenters. The van der Waals surface area contributed by atoms with Crippen molar-refractivity contribution < 1.29 is 31.1 Å². The molecular weight excluding hydrogens is 483 g/mol. The summed E-state index contributed by atoms with van der Waals surface area (Å²) in [5.41, 5.74) is -3.28. The van der Waals surface area contributed by atoms with Crippen LogP contribution in [0.3, 0.4) is 0 Å². The molecule has 3 rings (SSSR count). The van der Waals surface area contributed by atoms with Gasteiger partial charge in [-0.25, -0.2) is 4.98 Å². The molecule has 1 aliphatic rings. The van der Waals surface area contributed by atoms with Gasteiger partial charge in [-0.15, -0.1) is 0 Å². The number of amides is 1. The molecular formula is C20H17Cl2F6N3O. The fourth-order valence-electron chi connectivity index (χ4n) is 3.46. The summed E-state index contributed by atoms with van der Waals surface area (Å²) < 4.78 is 77.8. The van der Waals surface area contributed by atoms with Crippen LogP contribution in [0.15, 0.2) is 30.3 Å². The van der Waals surface area contributed by atoms with Gasteiger partial charge in [-0.2, -0.15) is 26.3 Å². The first-order valence-electron chi connectivity index (χ1n) is 9.52. The lowest BCUT2D eigenvalue weighted by Crippen LogP contribution is -2.40. The van der Waals surface area contributed by atoms with Gasteiger partial charge in [0.15, 0.2) is 0 Å². The molecule has 174 valence electrons. The van der Waals surface area contributed by atoms with Gasteiger partial charge in [-0.05, 0) is 56.0 Å². The molecule has 12 heteroatoms. The van der Waals surface area contributed by atoms with Crippen molar-refractivity contribution in [3.8, 4) is 0 Å². The van der Waals surface area contributed by atoms with Crippen LogP contribution in [0.25, 0.3) is 0 Å². The average molecular weight is 500 g/mol. The number of aromatic nitrogens is 1. The van der Waals surface area contributed by atoms with E-state index in [0.29, 0.717) is 42.8 Å². The molecule has 4 nitrogen and oxygen atoms in total. The molecule has 1 fully saturated rings. The van der Waals surface area contributed by atoms with Crippen LogP contribution in [0.4, 0.5) is 32.0 Å². The van der Waals surface area contributed by atoms with Crippen LogP contribution in [0, 0.1) is 0 Å². The van der Waals surface area contributed by atoms with Gasteiger partial charge >= 0.3 is 12.4 Å². The zero-order chi connectivity index (χ0) is 23.7. The minimum atomic E-state index is -5.01. The highest BCUT2D eigenvalue weighted by atomic mass is 35.5. The van der Waals surface area contributed by atoms with Gasteiger partial charge in [0, 0.05) is 22.8 Å². The maximum absolute atomic E-state index is 13.0. The number of hydrogen-bond donors (Lipinski definition) is 2. The molecule has 0 bridgehead atoms. The van der Waals surface area contributed by atoms with Gasteiger partial charge in [0.1, 0.15) is 11.4 Å². The smallest absolute Gasteiger partial charge is 0.382 e. The minimum Gasteiger partial charge on any atom is -0.382 e. The largest absolute Gasteiger partial charge is 0.433 e. The fraction of sp³-hybridized carbons (Fsp3) is 0.400. The zero-order valence-corrected chi connectivity index (χ0v) is 17.8. The molecule has 1 saturated carbocycles. The molecule has 1 amide bonds. The molecule has 1 aromatic heterocycles. The summed E-state index contributed by atoms with van der Waals surface area (Å²) in [7, 11) is 0. The number of benzene rings is 1. The van der Waals surface area contributed by atoms with E-state index in [0.717, 1.165) is 0 Å².